The fourth-order valence-corrected chi connectivity index (χ4v) is 2.56. The molecule has 0 aliphatic rings. The summed E-state index contributed by atoms with van der Waals surface area (Å²) in [5.41, 5.74) is 3.76. The van der Waals surface area contributed by atoms with Gasteiger partial charge in [0.15, 0.2) is 0 Å². The lowest BCUT2D eigenvalue weighted by Crippen LogP contribution is -2.31. The molecule has 0 radical (unpaired) electrons. The predicted molar refractivity (Wildman–Crippen MR) is 101 cm³/mol. The zero-order chi connectivity index (χ0) is 17.2. The van der Waals surface area contributed by atoms with Crippen molar-refractivity contribution in [3.8, 4) is 5.75 Å². The lowest BCUT2D eigenvalue weighted by atomic mass is 10.2. The second-order valence-electron chi connectivity index (χ2n) is 6.12. The van der Waals surface area contributed by atoms with Crippen molar-refractivity contribution in [3.63, 3.8) is 0 Å². The Hall–Kier alpha value is -1.84. The summed E-state index contributed by atoms with van der Waals surface area (Å²) in [6.07, 6.45) is 0. The third kappa shape index (κ3) is 6.34. The maximum Gasteiger partial charge on any atom is 0.119 e. The van der Waals surface area contributed by atoms with Crippen molar-refractivity contribution >= 4 is 0 Å². The van der Waals surface area contributed by atoms with Gasteiger partial charge in [0.25, 0.3) is 0 Å². The van der Waals surface area contributed by atoms with Crippen LogP contribution in [0.3, 0.4) is 0 Å². The van der Waals surface area contributed by atoms with Crippen LogP contribution in [0.1, 0.15) is 30.5 Å². The van der Waals surface area contributed by atoms with Gasteiger partial charge >= 0.3 is 0 Å². The van der Waals surface area contributed by atoms with Crippen molar-refractivity contribution in [1.29, 1.82) is 0 Å². The molecule has 2 aromatic rings. The molecule has 130 valence electrons. The van der Waals surface area contributed by atoms with Gasteiger partial charge in [0.05, 0.1) is 0 Å². The fourth-order valence-electron chi connectivity index (χ4n) is 2.56. The van der Waals surface area contributed by atoms with E-state index in [1.165, 1.54) is 16.7 Å². The largest absolute Gasteiger partial charge is 0.489 e. The highest BCUT2D eigenvalue weighted by atomic mass is 16.5. The van der Waals surface area contributed by atoms with Crippen molar-refractivity contribution in [2.45, 2.75) is 33.9 Å². The minimum atomic E-state index is 0.613. The molecular weight excluding hydrogens is 296 g/mol. The van der Waals surface area contributed by atoms with Crippen molar-refractivity contribution < 1.29 is 4.74 Å². The Bertz CT molecular complexity index is 574. The molecule has 0 bridgehead atoms. The Morgan fingerprint density at radius 2 is 1.50 bits per heavy atom. The summed E-state index contributed by atoms with van der Waals surface area (Å²) in [4.78, 5) is 2.43. The number of nitrogens with zero attached hydrogens (tertiary/aromatic N) is 1. The standard InChI is InChI=1S/C21H30N2O/c1-4-23(5-2)15-14-22-16-19-10-12-21(13-11-19)24-17-20-8-6-18(3)7-9-20/h6-13,22H,4-5,14-17H2,1-3H3. The van der Waals surface area contributed by atoms with Gasteiger partial charge in [0.2, 0.25) is 0 Å². The lowest BCUT2D eigenvalue weighted by Gasteiger charge is -2.18. The normalized spacial score (nSPS) is 11.0. The molecule has 0 saturated carbocycles. The first kappa shape index (κ1) is 18.5. The molecule has 0 unspecified atom stereocenters. The molecular formula is C21H30N2O. The van der Waals surface area contributed by atoms with E-state index in [0.717, 1.165) is 38.5 Å². The molecule has 3 nitrogen and oxygen atoms in total. The third-order valence-electron chi connectivity index (χ3n) is 4.28. The van der Waals surface area contributed by atoms with Crippen LogP contribution in [0.5, 0.6) is 5.75 Å². The fraction of sp³-hybridized carbons (Fsp3) is 0.429. The highest BCUT2D eigenvalue weighted by molar-refractivity contribution is 5.28. The molecule has 0 saturated heterocycles. The van der Waals surface area contributed by atoms with E-state index in [1.807, 2.05) is 0 Å². The van der Waals surface area contributed by atoms with E-state index >= 15 is 0 Å². The molecule has 2 aromatic carbocycles. The van der Waals surface area contributed by atoms with Crippen LogP contribution in [0.2, 0.25) is 0 Å². The Balaban J connectivity index is 1.71. The molecule has 2 rings (SSSR count). The number of likely N-dealkylation sites (N-methyl/N-ethyl adjacent to an activating group) is 1. The van der Waals surface area contributed by atoms with E-state index in [2.05, 4.69) is 79.5 Å². The molecule has 3 heteroatoms. The minimum absolute atomic E-state index is 0.613. The van der Waals surface area contributed by atoms with E-state index in [-0.39, 0.29) is 0 Å². The molecule has 0 aliphatic carbocycles. The zero-order valence-electron chi connectivity index (χ0n) is 15.2. The number of rotatable bonds is 10. The number of hydrogen-bond acceptors (Lipinski definition) is 3. The first-order chi connectivity index (χ1) is 11.7. The van der Waals surface area contributed by atoms with Gasteiger partial charge < -0.3 is 15.0 Å². The van der Waals surface area contributed by atoms with Crippen LogP contribution >= 0.6 is 0 Å². The first-order valence-corrected chi connectivity index (χ1v) is 8.91. The maximum atomic E-state index is 5.85. The second kappa shape index (κ2) is 10.1. The van der Waals surface area contributed by atoms with E-state index in [9.17, 15) is 0 Å². The monoisotopic (exact) mass is 326 g/mol. The van der Waals surface area contributed by atoms with E-state index < -0.39 is 0 Å². The van der Waals surface area contributed by atoms with Crippen LogP contribution in [-0.2, 0) is 13.2 Å². The van der Waals surface area contributed by atoms with Crippen molar-refractivity contribution in [2.24, 2.45) is 0 Å². The summed E-state index contributed by atoms with van der Waals surface area (Å²) in [6.45, 7) is 12.4. The quantitative estimate of drug-likeness (QED) is 0.668. The van der Waals surface area contributed by atoms with Crippen molar-refractivity contribution in [1.82, 2.24) is 10.2 Å². The van der Waals surface area contributed by atoms with Gasteiger partial charge in [-0.05, 0) is 43.3 Å². The molecule has 0 heterocycles. The van der Waals surface area contributed by atoms with E-state index in [0.29, 0.717) is 6.61 Å². The maximum absolute atomic E-state index is 5.85. The average molecular weight is 326 g/mol. The Labute approximate surface area is 146 Å². The van der Waals surface area contributed by atoms with E-state index in [1.54, 1.807) is 0 Å². The predicted octanol–water partition coefficient (Wildman–Crippen LogP) is 4.01. The summed E-state index contributed by atoms with van der Waals surface area (Å²) in [6, 6.07) is 16.8. The Kier molecular flexibility index (Phi) is 7.80. The van der Waals surface area contributed by atoms with E-state index in [4.69, 9.17) is 4.74 Å². The molecule has 0 fully saturated rings. The SMILES string of the molecule is CCN(CC)CCNCc1ccc(OCc2ccc(C)cc2)cc1. The highest BCUT2D eigenvalue weighted by Crippen LogP contribution is 2.14. The Morgan fingerprint density at radius 3 is 2.12 bits per heavy atom. The summed E-state index contributed by atoms with van der Waals surface area (Å²) in [7, 11) is 0. The topological polar surface area (TPSA) is 24.5 Å². The Morgan fingerprint density at radius 1 is 0.875 bits per heavy atom. The van der Waals surface area contributed by atoms with Gasteiger partial charge in [-0.3, -0.25) is 0 Å². The molecule has 0 aliphatic heterocycles. The molecule has 0 spiro atoms. The van der Waals surface area contributed by atoms with Crippen LogP contribution < -0.4 is 10.1 Å². The molecule has 0 aromatic heterocycles. The average Bonchev–Trinajstić information content (AvgIpc) is 2.62. The number of hydrogen-bond donors (Lipinski definition) is 1. The molecule has 0 amide bonds. The highest BCUT2D eigenvalue weighted by Gasteiger charge is 2.00. The second-order valence-corrected chi connectivity index (χ2v) is 6.12. The van der Waals surface area contributed by atoms with Crippen LogP contribution in [0, 0.1) is 6.92 Å². The van der Waals surface area contributed by atoms with Gasteiger partial charge in [-0.25, -0.2) is 0 Å². The van der Waals surface area contributed by atoms with Gasteiger partial charge in [-0.1, -0.05) is 55.8 Å². The van der Waals surface area contributed by atoms with Gasteiger partial charge in [0.1, 0.15) is 12.4 Å². The van der Waals surface area contributed by atoms with Gasteiger partial charge in [0, 0.05) is 19.6 Å². The number of nitrogens with one attached hydrogen (secondary N) is 1. The van der Waals surface area contributed by atoms with Crippen LogP contribution in [0.15, 0.2) is 48.5 Å². The molecule has 1 N–H and O–H groups in total. The van der Waals surface area contributed by atoms with Crippen LogP contribution in [-0.4, -0.2) is 31.1 Å². The van der Waals surface area contributed by atoms with Crippen molar-refractivity contribution in [2.75, 3.05) is 26.2 Å². The summed E-state index contributed by atoms with van der Waals surface area (Å²) < 4.78 is 5.85. The first-order valence-electron chi connectivity index (χ1n) is 8.91. The number of ether oxygens (including phenoxy) is 1. The summed E-state index contributed by atoms with van der Waals surface area (Å²) in [5, 5.41) is 3.50. The smallest absolute Gasteiger partial charge is 0.119 e. The summed E-state index contributed by atoms with van der Waals surface area (Å²) in [5.74, 6) is 0.919. The minimum Gasteiger partial charge on any atom is -0.489 e. The number of aryl methyl sites for hydroxylation is 1. The lowest BCUT2D eigenvalue weighted by molar-refractivity contribution is 0.302. The van der Waals surface area contributed by atoms with Crippen molar-refractivity contribution in [3.05, 3.63) is 65.2 Å². The molecule has 24 heavy (non-hydrogen) atoms. The zero-order valence-corrected chi connectivity index (χ0v) is 15.2. The third-order valence-corrected chi connectivity index (χ3v) is 4.28. The van der Waals surface area contributed by atoms with Crippen LogP contribution in [0.25, 0.3) is 0 Å². The van der Waals surface area contributed by atoms with Gasteiger partial charge in [-0.15, -0.1) is 0 Å². The van der Waals surface area contributed by atoms with Gasteiger partial charge in [-0.2, -0.15) is 0 Å². The number of benzene rings is 2. The molecule has 0 atom stereocenters. The summed E-state index contributed by atoms with van der Waals surface area (Å²) >= 11 is 0. The van der Waals surface area contributed by atoms with Crippen LogP contribution in [0.4, 0.5) is 0 Å².